The number of benzene rings is 1. The summed E-state index contributed by atoms with van der Waals surface area (Å²) in [7, 11) is 0. The molecule has 0 amide bonds. The van der Waals surface area contributed by atoms with Gasteiger partial charge in [-0.15, -0.1) is 5.10 Å². The summed E-state index contributed by atoms with van der Waals surface area (Å²) in [5, 5.41) is 31.6. The first-order valence-electron chi connectivity index (χ1n) is 8.94. The number of hydrogen-bond acceptors (Lipinski definition) is 8. The van der Waals surface area contributed by atoms with Crippen LogP contribution in [0.3, 0.4) is 0 Å². The Balaban J connectivity index is 1.46. The Hall–Kier alpha value is -3.09. The van der Waals surface area contributed by atoms with Gasteiger partial charge in [-0.25, -0.2) is 9.67 Å². The summed E-state index contributed by atoms with van der Waals surface area (Å²) >= 11 is 0. The number of aliphatic hydroxyl groups excluding tert-OH is 2. The SMILES string of the molecule is O[C@@H]1[C@H](O)[C@@H](Nc2cncc(C(F)(F)F)n2)CO[C@@H]1c1cn(-c2ccccc2)nn1. The second-order valence-electron chi connectivity index (χ2n) is 6.70. The van der Waals surface area contributed by atoms with Crippen molar-refractivity contribution in [1.29, 1.82) is 0 Å². The highest BCUT2D eigenvalue weighted by molar-refractivity contribution is 5.35. The second-order valence-corrected chi connectivity index (χ2v) is 6.70. The van der Waals surface area contributed by atoms with Crippen LogP contribution < -0.4 is 5.32 Å². The number of para-hydroxylation sites is 1. The van der Waals surface area contributed by atoms with Gasteiger partial charge in [0.25, 0.3) is 0 Å². The third kappa shape index (κ3) is 4.10. The number of aromatic nitrogens is 5. The molecule has 158 valence electrons. The first kappa shape index (κ1) is 20.2. The van der Waals surface area contributed by atoms with Crippen molar-refractivity contribution < 1.29 is 28.1 Å². The predicted octanol–water partition coefficient (Wildman–Crippen LogP) is 1.35. The van der Waals surface area contributed by atoms with Crippen molar-refractivity contribution in [2.75, 3.05) is 11.9 Å². The minimum absolute atomic E-state index is 0.112. The van der Waals surface area contributed by atoms with Crippen LogP contribution in [-0.2, 0) is 10.9 Å². The first-order valence-corrected chi connectivity index (χ1v) is 8.94. The summed E-state index contributed by atoms with van der Waals surface area (Å²) in [5.74, 6) is -0.196. The summed E-state index contributed by atoms with van der Waals surface area (Å²) in [6, 6.07) is 8.26. The van der Waals surface area contributed by atoms with Crippen molar-refractivity contribution in [3.8, 4) is 5.69 Å². The third-order valence-electron chi connectivity index (χ3n) is 4.61. The Morgan fingerprint density at radius 2 is 1.87 bits per heavy atom. The molecule has 12 heteroatoms. The summed E-state index contributed by atoms with van der Waals surface area (Å²) in [6.07, 6.45) is -5.10. The van der Waals surface area contributed by atoms with Gasteiger partial charge in [0.1, 0.15) is 29.8 Å². The van der Waals surface area contributed by atoms with E-state index < -0.39 is 36.2 Å². The Labute approximate surface area is 168 Å². The average Bonchev–Trinajstić information content (AvgIpc) is 3.22. The lowest BCUT2D eigenvalue weighted by atomic mass is 9.96. The van der Waals surface area contributed by atoms with E-state index in [1.807, 2.05) is 30.3 Å². The van der Waals surface area contributed by atoms with Crippen molar-refractivity contribution in [3.63, 3.8) is 0 Å². The van der Waals surface area contributed by atoms with Gasteiger partial charge in [-0.1, -0.05) is 23.4 Å². The molecule has 0 radical (unpaired) electrons. The molecule has 1 aliphatic heterocycles. The van der Waals surface area contributed by atoms with Gasteiger partial charge < -0.3 is 20.3 Å². The molecule has 1 saturated heterocycles. The van der Waals surface area contributed by atoms with E-state index in [4.69, 9.17) is 4.74 Å². The van der Waals surface area contributed by atoms with E-state index >= 15 is 0 Å². The zero-order chi connectivity index (χ0) is 21.3. The van der Waals surface area contributed by atoms with Crippen LogP contribution in [0.1, 0.15) is 17.5 Å². The Bertz CT molecular complexity index is 1000. The topological polar surface area (TPSA) is 118 Å². The number of nitrogens with one attached hydrogen (secondary N) is 1. The van der Waals surface area contributed by atoms with Crippen molar-refractivity contribution in [2.45, 2.75) is 30.5 Å². The molecule has 3 N–H and O–H groups in total. The van der Waals surface area contributed by atoms with Gasteiger partial charge in [0.2, 0.25) is 0 Å². The Morgan fingerprint density at radius 3 is 2.60 bits per heavy atom. The largest absolute Gasteiger partial charge is 0.434 e. The fourth-order valence-corrected chi connectivity index (χ4v) is 3.09. The molecular weight excluding hydrogens is 405 g/mol. The molecular formula is C18H17F3N6O3. The zero-order valence-corrected chi connectivity index (χ0v) is 15.3. The van der Waals surface area contributed by atoms with Crippen LogP contribution in [0.5, 0.6) is 0 Å². The molecule has 30 heavy (non-hydrogen) atoms. The highest BCUT2D eigenvalue weighted by Crippen LogP contribution is 2.30. The van der Waals surface area contributed by atoms with E-state index in [2.05, 4.69) is 25.6 Å². The minimum Gasteiger partial charge on any atom is -0.388 e. The maximum absolute atomic E-state index is 12.8. The maximum Gasteiger partial charge on any atom is 0.434 e. The van der Waals surface area contributed by atoms with Gasteiger partial charge >= 0.3 is 6.18 Å². The van der Waals surface area contributed by atoms with Crippen molar-refractivity contribution in [1.82, 2.24) is 25.0 Å². The van der Waals surface area contributed by atoms with Crippen LogP contribution in [0.2, 0.25) is 0 Å². The fourth-order valence-electron chi connectivity index (χ4n) is 3.09. The van der Waals surface area contributed by atoms with Gasteiger partial charge in [-0.2, -0.15) is 13.2 Å². The highest BCUT2D eigenvalue weighted by atomic mass is 19.4. The van der Waals surface area contributed by atoms with Gasteiger partial charge in [0.05, 0.1) is 36.9 Å². The number of aliphatic hydroxyl groups is 2. The van der Waals surface area contributed by atoms with Crippen LogP contribution >= 0.6 is 0 Å². The molecule has 0 bridgehead atoms. The predicted molar refractivity (Wildman–Crippen MR) is 96.5 cm³/mol. The molecule has 0 aliphatic carbocycles. The molecule has 2 aromatic heterocycles. The lowest BCUT2D eigenvalue weighted by Gasteiger charge is -2.37. The number of ether oxygens (including phenoxy) is 1. The van der Waals surface area contributed by atoms with E-state index in [-0.39, 0.29) is 12.4 Å². The van der Waals surface area contributed by atoms with E-state index in [9.17, 15) is 23.4 Å². The normalized spacial score (nSPS) is 24.6. The monoisotopic (exact) mass is 422 g/mol. The third-order valence-corrected chi connectivity index (χ3v) is 4.61. The van der Waals surface area contributed by atoms with Gasteiger partial charge in [0, 0.05) is 0 Å². The van der Waals surface area contributed by atoms with E-state index in [1.54, 1.807) is 6.20 Å². The Kier molecular flexibility index (Phi) is 5.37. The number of hydrogen-bond donors (Lipinski definition) is 3. The number of anilines is 1. The summed E-state index contributed by atoms with van der Waals surface area (Å²) in [5.41, 5.74) is -0.109. The van der Waals surface area contributed by atoms with Crippen LogP contribution in [0.25, 0.3) is 5.69 Å². The van der Waals surface area contributed by atoms with Gasteiger partial charge in [0.15, 0.2) is 5.69 Å². The van der Waals surface area contributed by atoms with Crippen LogP contribution in [0.15, 0.2) is 48.9 Å². The van der Waals surface area contributed by atoms with Crippen LogP contribution in [0.4, 0.5) is 19.0 Å². The number of alkyl halides is 3. The molecule has 0 spiro atoms. The highest BCUT2D eigenvalue weighted by Gasteiger charge is 2.41. The first-order chi connectivity index (χ1) is 14.3. The van der Waals surface area contributed by atoms with E-state index in [1.165, 1.54) is 4.68 Å². The van der Waals surface area contributed by atoms with Gasteiger partial charge in [-0.3, -0.25) is 4.98 Å². The fraction of sp³-hybridized carbons (Fsp3) is 0.333. The van der Waals surface area contributed by atoms with Gasteiger partial charge in [-0.05, 0) is 12.1 Å². The molecule has 3 heterocycles. The van der Waals surface area contributed by atoms with Crippen LogP contribution in [0, 0.1) is 0 Å². The molecule has 0 saturated carbocycles. The molecule has 4 atom stereocenters. The molecule has 4 rings (SSSR count). The molecule has 3 aromatic rings. The number of rotatable bonds is 4. The lowest BCUT2D eigenvalue weighted by molar-refractivity contribution is -0.144. The summed E-state index contributed by atoms with van der Waals surface area (Å²) in [4.78, 5) is 6.94. The standard InChI is InChI=1S/C18H17F3N6O3/c19-18(20,21)13-6-22-7-14(24-13)23-12-9-30-17(16(29)15(12)28)11-8-27(26-25-11)10-4-2-1-3-5-10/h1-8,12,15-17,28-29H,9H2,(H,23,24)/t12-,15+,16+,17+/m0/s1. The quantitative estimate of drug-likeness (QED) is 0.577. The lowest BCUT2D eigenvalue weighted by Crippen LogP contribution is -2.52. The average molecular weight is 422 g/mol. The summed E-state index contributed by atoms with van der Waals surface area (Å²) < 4.78 is 45.5. The molecule has 0 unspecified atom stereocenters. The Morgan fingerprint density at radius 1 is 1.10 bits per heavy atom. The van der Waals surface area contributed by atoms with Crippen molar-refractivity contribution in [2.24, 2.45) is 0 Å². The zero-order valence-electron chi connectivity index (χ0n) is 15.3. The van der Waals surface area contributed by atoms with Crippen molar-refractivity contribution in [3.05, 3.63) is 60.3 Å². The molecule has 9 nitrogen and oxygen atoms in total. The molecule has 1 aliphatic rings. The van der Waals surface area contributed by atoms with E-state index in [0.29, 0.717) is 11.9 Å². The maximum atomic E-state index is 12.8. The van der Waals surface area contributed by atoms with E-state index in [0.717, 1.165) is 11.9 Å². The molecule has 1 aromatic carbocycles. The molecule has 1 fully saturated rings. The second kappa shape index (κ2) is 7.97. The number of nitrogens with zero attached hydrogens (tertiary/aromatic N) is 5. The minimum atomic E-state index is -4.65. The summed E-state index contributed by atoms with van der Waals surface area (Å²) in [6.45, 7) is -0.112. The van der Waals surface area contributed by atoms with Crippen LogP contribution in [-0.4, -0.2) is 60.0 Å². The smallest absolute Gasteiger partial charge is 0.388 e. The number of halogens is 3. The van der Waals surface area contributed by atoms with Crippen molar-refractivity contribution >= 4 is 5.82 Å².